The Balaban J connectivity index is 1.09. The molecule has 55 heavy (non-hydrogen) atoms. The molecular weight excluding hydrogens is 667 g/mol. The van der Waals surface area contributed by atoms with Crippen molar-refractivity contribution in [2.75, 3.05) is 4.90 Å². The van der Waals surface area contributed by atoms with Crippen molar-refractivity contribution >= 4 is 60.5 Å². The van der Waals surface area contributed by atoms with Gasteiger partial charge in [0.2, 0.25) is 0 Å². The third kappa shape index (κ3) is 4.95. The van der Waals surface area contributed by atoms with Crippen LogP contribution in [0.3, 0.4) is 0 Å². The third-order valence-corrected chi connectivity index (χ3v) is 11.8. The summed E-state index contributed by atoms with van der Waals surface area (Å²) in [6, 6.07) is 68.5. The van der Waals surface area contributed by atoms with Crippen LogP contribution in [0.25, 0.3) is 76.9 Å². The standard InChI is InChI=1S/C53H37NO/c1-53(2)47-17-9-7-16-46(47)51-48(32-40-13-5-6-14-43(40)52(51)53)54(41-26-21-35(22-27-41)38-20-19-34-11-3-4-12-37(34)31-38)42-28-23-36(24-29-42)39-25-30-45-44-15-8-10-18-49(44)55-50(45)33-39/h3-33H,1-2H3. The lowest BCUT2D eigenvalue weighted by atomic mass is 9.80. The predicted octanol–water partition coefficient (Wildman–Crippen LogP) is 15.0. The van der Waals surface area contributed by atoms with Crippen LogP contribution in [0.15, 0.2) is 192 Å². The van der Waals surface area contributed by atoms with Gasteiger partial charge in [-0.3, -0.25) is 0 Å². The molecule has 0 saturated heterocycles. The number of nitrogens with zero attached hydrogens (tertiary/aromatic N) is 1. The Morgan fingerprint density at radius 1 is 0.418 bits per heavy atom. The molecule has 11 rings (SSSR count). The molecule has 0 amide bonds. The fraction of sp³-hybridized carbons (Fsp3) is 0.0566. The second-order valence-corrected chi connectivity index (χ2v) is 15.3. The van der Waals surface area contributed by atoms with Crippen LogP contribution >= 0.6 is 0 Å². The average Bonchev–Trinajstić information content (AvgIpc) is 3.73. The van der Waals surface area contributed by atoms with Crippen molar-refractivity contribution in [2.24, 2.45) is 0 Å². The molecule has 0 aliphatic heterocycles. The van der Waals surface area contributed by atoms with E-state index in [1.54, 1.807) is 0 Å². The van der Waals surface area contributed by atoms with Crippen molar-refractivity contribution < 1.29 is 4.42 Å². The number of anilines is 3. The fourth-order valence-electron chi connectivity index (χ4n) is 9.12. The Kier molecular flexibility index (Phi) is 6.93. The van der Waals surface area contributed by atoms with Gasteiger partial charge >= 0.3 is 0 Å². The van der Waals surface area contributed by atoms with E-state index in [1.165, 1.54) is 60.6 Å². The van der Waals surface area contributed by atoms with Crippen LogP contribution in [0.4, 0.5) is 17.1 Å². The molecule has 0 saturated carbocycles. The summed E-state index contributed by atoms with van der Waals surface area (Å²) >= 11 is 0. The van der Waals surface area contributed by atoms with E-state index in [2.05, 4.69) is 195 Å². The summed E-state index contributed by atoms with van der Waals surface area (Å²) in [7, 11) is 0. The lowest BCUT2D eigenvalue weighted by Crippen LogP contribution is -2.16. The van der Waals surface area contributed by atoms with Crippen molar-refractivity contribution in [2.45, 2.75) is 19.3 Å². The highest BCUT2D eigenvalue weighted by atomic mass is 16.3. The molecule has 2 heteroatoms. The number of benzene rings is 9. The molecule has 1 aromatic heterocycles. The topological polar surface area (TPSA) is 16.4 Å². The monoisotopic (exact) mass is 703 g/mol. The second-order valence-electron chi connectivity index (χ2n) is 15.3. The van der Waals surface area contributed by atoms with E-state index in [0.29, 0.717) is 0 Å². The molecule has 10 aromatic rings. The molecule has 1 aliphatic carbocycles. The zero-order chi connectivity index (χ0) is 36.7. The average molecular weight is 704 g/mol. The first-order valence-electron chi connectivity index (χ1n) is 19.1. The summed E-state index contributed by atoms with van der Waals surface area (Å²) in [6.07, 6.45) is 0. The van der Waals surface area contributed by atoms with Gasteiger partial charge in [-0.2, -0.15) is 0 Å². The zero-order valence-corrected chi connectivity index (χ0v) is 30.8. The van der Waals surface area contributed by atoms with Crippen LogP contribution in [0.1, 0.15) is 25.0 Å². The van der Waals surface area contributed by atoms with E-state index in [1.807, 2.05) is 12.1 Å². The maximum absolute atomic E-state index is 6.27. The number of para-hydroxylation sites is 1. The number of hydrogen-bond acceptors (Lipinski definition) is 2. The first kappa shape index (κ1) is 31.6. The van der Waals surface area contributed by atoms with Crippen LogP contribution in [-0.4, -0.2) is 0 Å². The smallest absolute Gasteiger partial charge is 0.136 e. The number of furan rings is 1. The van der Waals surface area contributed by atoms with E-state index in [4.69, 9.17) is 4.42 Å². The van der Waals surface area contributed by atoms with Gasteiger partial charge in [0.25, 0.3) is 0 Å². The first-order chi connectivity index (χ1) is 27.0. The van der Waals surface area contributed by atoms with Gasteiger partial charge in [0.1, 0.15) is 11.2 Å². The Morgan fingerprint density at radius 3 is 1.75 bits per heavy atom. The molecule has 1 aliphatic rings. The van der Waals surface area contributed by atoms with Crippen LogP contribution < -0.4 is 4.90 Å². The summed E-state index contributed by atoms with van der Waals surface area (Å²) in [5, 5.41) is 7.34. The highest BCUT2D eigenvalue weighted by molar-refractivity contribution is 6.07. The molecule has 0 atom stereocenters. The largest absolute Gasteiger partial charge is 0.456 e. The molecule has 0 radical (unpaired) electrons. The summed E-state index contributed by atoms with van der Waals surface area (Å²) in [4.78, 5) is 2.46. The summed E-state index contributed by atoms with van der Waals surface area (Å²) in [5.74, 6) is 0. The van der Waals surface area contributed by atoms with Gasteiger partial charge in [-0.25, -0.2) is 0 Å². The lowest BCUT2D eigenvalue weighted by Gasteiger charge is -2.30. The third-order valence-electron chi connectivity index (χ3n) is 11.8. The van der Waals surface area contributed by atoms with E-state index in [0.717, 1.165) is 44.4 Å². The molecule has 2 nitrogen and oxygen atoms in total. The summed E-state index contributed by atoms with van der Waals surface area (Å²) in [5.41, 5.74) is 15.1. The molecule has 0 N–H and O–H groups in total. The van der Waals surface area contributed by atoms with Gasteiger partial charge < -0.3 is 9.32 Å². The van der Waals surface area contributed by atoms with Crippen LogP contribution in [0, 0.1) is 0 Å². The molecule has 0 unspecified atom stereocenters. The predicted molar refractivity (Wildman–Crippen MR) is 232 cm³/mol. The first-order valence-corrected chi connectivity index (χ1v) is 19.1. The highest BCUT2D eigenvalue weighted by Crippen LogP contribution is 2.56. The van der Waals surface area contributed by atoms with Crippen molar-refractivity contribution in [1.29, 1.82) is 0 Å². The van der Waals surface area contributed by atoms with Crippen molar-refractivity contribution in [3.05, 3.63) is 199 Å². The molecular formula is C53H37NO. The van der Waals surface area contributed by atoms with E-state index in [9.17, 15) is 0 Å². The minimum Gasteiger partial charge on any atom is -0.456 e. The quantitative estimate of drug-likeness (QED) is 0.177. The highest BCUT2D eigenvalue weighted by Gasteiger charge is 2.39. The maximum atomic E-state index is 6.27. The summed E-state index contributed by atoms with van der Waals surface area (Å²) < 4.78 is 6.27. The number of hydrogen-bond donors (Lipinski definition) is 0. The Hall–Kier alpha value is -6.90. The van der Waals surface area contributed by atoms with Crippen molar-refractivity contribution in [3.63, 3.8) is 0 Å². The van der Waals surface area contributed by atoms with Gasteiger partial charge in [-0.1, -0.05) is 147 Å². The van der Waals surface area contributed by atoms with Crippen molar-refractivity contribution in [1.82, 2.24) is 0 Å². The van der Waals surface area contributed by atoms with E-state index < -0.39 is 0 Å². The number of rotatable bonds is 5. The molecule has 9 aromatic carbocycles. The molecule has 0 bridgehead atoms. The van der Waals surface area contributed by atoms with Gasteiger partial charge in [0.15, 0.2) is 0 Å². The minimum atomic E-state index is -0.160. The van der Waals surface area contributed by atoms with Gasteiger partial charge in [0, 0.05) is 33.1 Å². The molecule has 1 heterocycles. The molecule has 0 spiro atoms. The molecule has 0 fully saturated rings. The Bertz CT molecular complexity index is 3110. The zero-order valence-electron chi connectivity index (χ0n) is 30.8. The van der Waals surface area contributed by atoms with Gasteiger partial charge in [-0.15, -0.1) is 0 Å². The fourth-order valence-corrected chi connectivity index (χ4v) is 9.12. The minimum absolute atomic E-state index is 0.160. The summed E-state index contributed by atoms with van der Waals surface area (Å²) in [6.45, 7) is 4.76. The van der Waals surface area contributed by atoms with Crippen molar-refractivity contribution in [3.8, 4) is 33.4 Å². The normalized spacial score (nSPS) is 13.1. The molecule has 260 valence electrons. The SMILES string of the molecule is CC1(C)c2ccccc2-c2c(N(c3ccc(-c4ccc5ccccc5c4)cc3)c3ccc(-c4ccc5c(c4)oc4ccccc45)cc3)cc3ccccc3c21. The Morgan fingerprint density at radius 2 is 0.982 bits per heavy atom. The van der Waals surface area contributed by atoms with E-state index in [-0.39, 0.29) is 5.41 Å². The van der Waals surface area contributed by atoms with Crippen LogP contribution in [-0.2, 0) is 5.41 Å². The van der Waals surface area contributed by atoms with E-state index >= 15 is 0 Å². The lowest BCUT2D eigenvalue weighted by molar-refractivity contribution is 0.666. The number of fused-ring (bicyclic) bond motifs is 9. The second kappa shape index (κ2) is 12.1. The van der Waals surface area contributed by atoms with Gasteiger partial charge in [-0.05, 0) is 115 Å². The van der Waals surface area contributed by atoms with Crippen LogP contribution in [0.2, 0.25) is 0 Å². The van der Waals surface area contributed by atoms with Gasteiger partial charge in [0.05, 0.1) is 5.69 Å². The Labute approximate surface area is 320 Å². The maximum Gasteiger partial charge on any atom is 0.136 e. The van der Waals surface area contributed by atoms with Crippen LogP contribution in [0.5, 0.6) is 0 Å².